The average molecular weight is 263 g/mol. The van der Waals surface area contributed by atoms with E-state index in [1.165, 1.54) is 6.33 Å². The molecule has 0 fully saturated rings. The monoisotopic (exact) mass is 263 g/mol. The molecule has 0 aromatic carbocycles. The van der Waals surface area contributed by atoms with Gasteiger partial charge in [0.2, 0.25) is 0 Å². The van der Waals surface area contributed by atoms with Crippen LogP contribution in [0.5, 0.6) is 0 Å². The van der Waals surface area contributed by atoms with Gasteiger partial charge in [-0.1, -0.05) is 13.8 Å². The molecule has 1 unspecified atom stereocenters. The van der Waals surface area contributed by atoms with Crippen molar-refractivity contribution in [2.45, 2.75) is 33.3 Å². The number of aliphatic hydroxyl groups is 1. The predicted molar refractivity (Wildman–Crippen MR) is 74.9 cm³/mol. The lowest BCUT2D eigenvalue weighted by Gasteiger charge is -2.26. The van der Waals surface area contributed by atoms with Crippen molar-refractivity contribution in [1.29, 1.82) is 0 Å². The standard InChI is InChI=1S/C13H21N5O/c1-9(19)5-13(2,3)7-14-11-10-6-17-18(4)12(10)16-8-15-11/h6,8-9,19H,5,7H2,1-4H3,(H,14,15,16). The zero-order valence-electron chi connectivity index (χ0n) is 11.9. The van der Waals surface area contributed by atoms with Crippen LogP contribution in [0.1, 0.15) is 27.2 Å². The summed E-state index contributed by atoms with van der Waals surface area (Å²) in [5.74, 6) is 0.789. The summed E-state index contributed by atoms with van der Waals surface area (Å²) < 4.78 is 1.73. The predicted octanol–water partition coefficient (Wildman–Crippen LogP) is 1.57. The number of aryl methyl sites for hydroxylation is 1. The highest BCUT2D eigenvalue weighted by atomic mass is 16.3. The quantitative estimate of drug-likeness (QED) is 0.856. The number of aromatic nitrogens is 4. The molecular formula is C13H21N5O. The van der Waals surface area contributed by atoms with Gasteiger partial charge in [-0.2, -0.15) is 5.10 Å². The number of anilines is 1. The van der Waals surface area contributed by atoms with Crippen molar-refractivity contribution in [2.24, 2.45) is 12.5 Å². The van der Waals surface area contributed by atoms with Crippen molar-refractivity contribution in [1.82, 2.24) is 19.7 Å². The molecule has 104 valence electrons. The van der Waals surface area contributed by atoms with E-state index in [4.69, 9.17) is 0 Å². The van der Waals surface area contributed by atoms with Crippen molar-refractivity contribution in [3.8, 4) is 0 Å². The van der Waals surface area contributed by atoms with Crippen molar-refractivity contribution < 1.29 is 5.11 Å². The number of hydrogen-bond acceptors (Lipinski definition) is 5. The van der Waals surface area contributed by atoms with E-state index in [1.54, 1.807) is 10.9 Å². The van der Waals surface area contributed by atoms with Gasteiger partial charge in [0.15, 0.2) is 5.65 Å². The molecule has 2 aromatic heterocycles. The first kappa shape index (κ1) is 13.7. The third kappa shape index (κ3) is 3.20. The van der Waals surface area contributed by atoms with Crippen molar-refractivity contribution >= 4 is 16.9 Å². The highest BCUT2D eigenvalue weighted by molar-refractivity contribution is 5.85. The minimum absolute atomic E-state index is 0.00630. The summed E-state index contributed by atoms with van der Waals surface area (Å²) in [6.07, 6.45) is 3.73. The Balaban J connectivity index is 2.14. The molecule has 0 aliphatic heterocycles. The van der Waals surface area contributed by atoms with Crippen LogP contribution >= 0.6 is 0 Å². The molecule has 0 amide bonds. The van der Waals surface area contributed by atoms with Crippen LogP contribution in [-0.2, 0) is 7.05 Å². The van der Waals surface area contributed by atoms with Gasteiger partial charge in [-0.3, -0.25) is 4.68 Å². The Morgan fingerprint density at radius 1 is 1.42 bits per heavy atom. The van der Waals surface area contributed by atoms with Crippen LogP contribution < -0.4 is 5.32 Å². The van der Waals surface area contributed by atoms with Crippen molar-refractivity contribution in [3.05, 3.63) is 12.5 Å². The first-order chi connectivity index (χ1) is 8.89. The summed E-state index contributed by atoms with van der Waals surface area (Å²) in [5, 5.41) is 17.9. The topological polar surface area (TPSA) is 75.9 Å². The second-order valence-electron chi connectivity index (χ2n) is 5.80. The van der Waals surface area contributed by atoms with E-state index in [9.17, 15) is 5.11 Å². The van der Waals surface area contributed by atoms with Gasteiger partial charge in [-0.05, 0) is 18.8 Å². The van der Waals surface area contributed by atoms with Crippen LogP contribution in [0.3, 0.4) is 0 Å². The van der Waals surface area contributed by atoms with E-state index < -0.39 is 0 Å². The van der Waals surface area contributed by atoms with Crippen LogP contribution in [0.2, 0.25) is 0 Å². The van der Waals surface area contributed by atoms with Gasteiger partial charge in [0.25, 0.3) is 0 Å². The molecule has 2 N–H and O–H groups in total. The molecule has 2 aromatic rings. The molecule has 0 radical (unpaired) electrons. The third-order valence-electron chi connectivity index (χ3n) is 3.11. The Bertz CT molecular complexity index is 561. The highest BCUT2D eigenvalue weighted by Crippen LogP contribution is 2.24. The Morgan fingerprint density at radius 2 is 2.16 bits per heavy atom. The lowest BCUT2D eigenvalue weighted by molar-refractivity contribution is 0.135. The summed E-state index contributed by atoms with van der Waals surface area (Å²) in [4.78, 5) is 8.47. The van der Waals surface area contributed by atoms with Crippen LogP contribution in [0.4, 0.5) is 5.82 Å². The molecule has 0 aliphatic rings. The molecule has 0 spiro atoms. The average Bonchev–Trinajstić information content (AvgIpc) is 2.68. The fraction of sp³-hybridized carbons (Fsp3) is 0.615. The van der Waals surface area contributed by atoms with Crippen molar-refractivity contribution in [2.75, 3.05) is 11.9 Å². The molecule has 19 heavy (non-hydrogen) atoms. The molecule has 0 bridgehead atoms. The molecule has 2 heterocycles. The Labute approximate surface area is 112 Å². The van der Waals surface area contributed by atoms with Crippen LogP contribution in [0.25, 0.3) is 11.0 Å². The molecule has 2 rings (SSSR count). The maximum absolute atomic E-state index is 9.49. The van der Waals surface area contributed by atoms with Gasteiger partial charge in [0, 0.05) is 13.6 Å². The summed E-state index contributed by atoms with van der Waals surface area (Å²) in [5.41, 5.74) is 0.805. The van der Waals surface area contributed by atoms with Crippen LogP contribution in [-0.4, -0.2) is 37.5 Å². The number of nitrogens with zero attached hydrogens (tertiary/aromatic N) is 4. The molecule has 6 nitrogen and oxygen atoms in total. The van der Waals surface area contributed by atoms with E-state index in [1.807, 2.05) is 14.0 Å². The van der Waals surface area contributed by atoms with Gasteiger partial charge < -0.3 is 10.4 Å². The van der Waals surface area contributed by atoms with Crippen LogP contribution in [0.15, 0.2) is 12.5 Å². The fourth-order valence-corrected chi connectivity index (χ4v) is 2.30. The maximum atomic E-state index is 9.49. The molecule has 0 saturated heterocycles. The summed E-state index contributed by atoms with van der Waals surface area (Å²) in [7, 11) is 1.86. The minimum atomic E-state index is -0.305. The first-order valence-electron chi connectivity index (χ1n) is 6.44. The lowest BCUT2D eigenvalue weighted by Crippen LogP contribution is -2.27. The minimum Gasteiger partial charge on any atom is -0.393 e. The largest absolute Gasteiger partial charge is 0.393 e. The number of fused-ring (bicyclic) bond motifs is 1. The summed E-state index contributed by atoms with van der Waals surface area (Å²) >= 11 is 0. The molecular weight excluding hydrogens is 242 g/mol. The fourth-order valence-electron chi connectivity index (χ4n) is 2.30. The first-order valence-corrected chi connectivity index (χ1v) is 6.44. The zero-order valence-corrected chi connectivity index (χ0v) is 11.9. The number of aliphatic hydroxyl groups excluding tert-OH is 1. The van der Waals surface area contributed by atoms with E-state index in [2.05, 4.69) is 34.2 Å². The van der Waals surface area contributed by atoms with E-state index in [-0.39, 0.29) is 11.5 Å². The van der Waals surface area contributed by atoms with Gasteiger partial charge in [-0.25, -0.2) is 9.97 Å². The summed E-state index contributed by atoms with van der Waals surface area (Å²) in [6, 6.07) is 0. The Kier molecular flexibility index (Phi) is 3.71. The third-order valence-corrected chi connectivity index (χ3v) is 3.11. The summed E-state index contributed by atoms with van der Waals surface area (Å²) in [6.45, 7) is 6.79. The number of rotatable bonds is 5. The van der Waals surface area contributed by atoms with E-state index in [0.717, 1.165) is 29.8 Å². The van der Waals surface area contributed by atoms with Gasteiger partial charge in [-0.15, -0.1) is 0 Å². The smallest absolute Gasteiger partial charge is 0.163 e. The number of nitrogens with one attached hydrogen (secondary N) is 1. The molecule has 1 atom stereocenters. The van der Waals surface area contributed by atoms with E-state index in [0.29, 0.717) is 0 Å². The van der Waals surface area contributed by atoms with Gasteiger partial charge in [0.05, 0.1) is 17.7 Å². The van der Waals surface area contributed by atoms with E-state index >= 15 is 0 Å². The second kappa shape index (κ2) is 5.13. The Hall–Kier alpha value is -1.69. The second-order valence-corrected chi connectivity index (χ2v) is 5.80. The highest BCUT2D eigenvalue weighted by Gasteiger charge is 2.20. The SMILES string of the molecule is CC(O)CC(C)(C)CNc1ncnc2c1cnn2C. The Morgan fingerprint density at radius 3 is 2.84 bits per heavy atom. The maximum Gasteiger partial charge on any atom is 0.163 e. The van der Waals surface area contributed by atoms with Crippen LogP contribution in [0, 0.1) is 5.41 Å². The van der Waals surface area contributed by atoms with Gasteiger partial charge in [0.1, 0.15) is 12.1 Å². The zero-order chi connectivity index (χ0) is 14.0. The molecule has 6 heteroatoms. The van der Waals surface area contributed by atoms with Crippen molar-refractivity contribution in [3.63, 3.8) is 0 Å². The molecule has 0 aliphatic carbocycles. The van der Waals surface area contributed by atoms with Gasteiger partial charge >= 0.3 is 0 Å². The number of hydrogen-bond donors (Lipinski definition) is 2. The lowest BCUT2D eigenvalue weighted by atomic mass is 9.87. The molecule has 0 saturated carbocycles. The normalized spacial score (nSPS) is 13.7.